The molecule has 2 aromatic rings. The lowest BCUT2D eigenvalue weighted by Gasteiger charge is -2.24. The Morgan fingerprint density at radius 2 is 2.22 bits per heavy atom. The van der Waals surface area contributed by atoms with Crippen LogP contribution >= 0.6 is 11.6 Å². The van der Waals surface area contributed by atoms with Crippen molar-refractivity contribution < 1.29 is 14.3 Å². The largest absolute Gasteiger partial charge is 0.373 e. The van der Waals surface area contributed by atoms with Crippen LogP contribution in [0.2, 0.25) is 5.02 Å². The highest BCUT2D eigenvalue weighted by atomic mass is 35.5. The van der Waals surface area contributed by atoms with E-state index in [9.17, 15) is 9.59 Å². The van der Waals surface area contributed by atoms with Gasteiger partial charge in [-0.25, -0.2) is 0 Å². The average Bonchev–Trinajstić information content (AvgIpc) is 3.21. The van der Waals surface area contributed by atoms with E-state index in [1.165, 1.54) is 4.90 Å². The molecule has 3 rings (SSSR count). The standard InChI is InChI=1S/C19H23ClN4O3/c1-12-16(10-21-24(12)3)18-15(7-8-27-18)19(26)23(2)11-17(25)22-14-6-4-5-13(20)9-14/h4-6,9-10,15,18H,7-8,11H2,1-3H3,(H,22,25)/t15-,18-/m0/s1. The van der Waals surface area contributed by atoms with Crippen LogP contribution in [-0.4, -0.2) is 46.7 Å². The number of nitrogens with one attached hydrogen (secondary N) is 1. The number of anilines is 1. The zero-order chi connectivity index (χ0) is 19.6. The van der Waals surface area contributed by atoms with Crippen molar-refractivity contribution in [3.8, 4) is 0 Å². The van der Waals surface area contributed by atoms with Crippen molar-refractivity contribution in [2.75, 3.05) is 25.5 Å². The number of likely N-dealkylation sites (N-methyl/N-ethyl adjacent to an activating group) is 1. The molecular weight excluding hydrogens is 368 g/mol. The SMILES string of the molecule is Cc1c([C@H]2OCC[C@@H]2C(=O)N(C)CC(=O)Nc2cccc(Cl)c2)cnn1C. The molecule has 0 bridgehead atoms. The summed E-state index contributed by atoms with van der Waals surface area (Å²) in [5.41, 5.74) is 2.49. The van der Waals surface area contributed by atoms with E-state index in [4.69, 9.17) is 16.3 Å². The van der Waals surface area contributed by atoms with Gasteiger partial charge in [0.25, 0.3) is 0 Å². The molecule has 1 N–H and O–H groups in total. The molecule has 0 spiro atoms. The molecule has 1 aromatic heterocycles. The van der Waals surface area contributed by atoms with Crippen LogP contribution in [0.5, 0.6) is 0 Å². The van der Waals surface area contributed by atoms with Gasteiger partial charge < -0.3 is 15.0 Å². The molecule has 2 atom stereocenters. The summed E-state index contributed by atoms with van der Waals surface area (Å²) >= 11 is 5.92. The summed E-state index contributed by atoms with van der Waals surface area (Å²) < 4.78 is 7.58. The zero-order valence-corrected chi connectivity index (χ0v) is 16.4. The van der Waals surface area contributed by atoms with Crippen LogP contribution in [0.25, 0.3) is 0 Å². The van der Waals surface area contributed by atoms with Crippen LogP contribution in [0.3, 0.4) is 0 Å². The van der Waals surface area contributed by atoms with Gasteiger partial charge in [-0.15, -0.1) is 0 Å². The molecule has 2 amide bonds. The fourth-order valence-electron chi connectivity index (χ4n) is 3.29. The molecule has 27 heavy (non-hydrogen) atoms. The van der Waals surface area contributed by atoms with Crippen molar-refractivity contribution >= 4 is 29.1 Å². The number of hydrogen-bond donors (Lipinski definition) is 1. The highest BCUT2D eigenvalue weighted by Gasteiger charge is 2.38. The van der Waals surface area contributed by atoms with Gasteiger partial charge in [-0.05, 0) is 31.5 Å². The topological polar surface area (TPSA) is 76.5 Å². The van der Waals surface area contributed by atoms with Gasteiger partial charge in [-0.2, -0.15) is 5.10 Å². The molecule has 144 valence electrons. The minimum atomic E-state index is -0.329. The number of carbonyl (C=O) groups is 2. The normalized spacial score (nSPS) is 19.1. The Morgan fingerprint density at radius 3 is 2.89 bits per heavy atom. The first-order valence-electron chi connectivity index (χ1n) is 8.77. The summed E-state index contributed by atoms with van der Waals surface area (Å²) in [4.78, 5) is 26.6. The van der Waals surface area contributed by atoms with Crippen LogP contribution in [0.4, 0.5) is 5.69 Å². The third-order valence-corrected chi connectivity index (χ3v) is 5.09. The van der Waals surface area contributed by atoms with Gasteiger partial charge in [0, 0.05) is 42.7 Å². The van der Waals surface area contributed by atoms with Crippen LogP contribution in [0.1, 0.15) is 23.8 Å². The maximum Gasteiger partial charge on any atom is 0.243 e. The maximum absolute atomic E-state index is 12.9. The van der Waals surface area contributed by atoms with Gasteiger partial charge in [-0.1, -0.05) is 17.7 Å². The molecule has 1 fully saturated rings. The number of aromatic nitrogens is 2. The molecule has 0 radical (unpaired) electrons. The second kappa shape index (κ2) is 8.10. The molecular formula is C19H23ClN4O3. The molecule has 1 aliphatic heterocycles. The molecule has 0 saturated carbocycles. The number of ether oxygens (including phenoxy) is 1. The van der Waals surface area contributed by atoms with Gasteiger partial charge in [0.1, 0.15) is 0 Å². The molecule has 1 aliphatic rings. The summed E-state index contributed by atoms with van der Waals surface area (Å²) in [5.74, 6) is -0.708. The quantitative estimate of drug-likeness (QED) is 0.851. The Kier molecular flexibility index (Phi) is 5.82. The Labute approximate surface area is 163 Å². The molecule has 1 aromatic carbocycles. The minimum Gasteiger partial charge on any atom is -0.373 e. The summed E-state index contributed by atoms with van der Waals surface area (Å²) in [6.07, 6.45) is 2.04. The number of rotatable bonds is 5. The predicted octanol–water partition coefficient (Wildman–Crippen LogP) is 2.56. The lowest BCUT2D eigenvalue weighted by Crippen LogP contribution is -2.39. The van der Waals surface area contributed by atoms with Crippen molar-refractivity contribution in [3.05, 3.63) is 46.7 Å². The van der Waals surface area contributed by atoms with Crippen molar-refractivity contribution in [1.82, 2.24) is 14.7 Å². The van der Waals surface area contributed by atoms with E-state index in [1.807, 2.05) is 14.0 Å². The van der Waals surface area contributed by atoms with E-state index in [2.05, 4.69) is 10.4 Å². The second-order valence-electron chi connectivity index (χ2n) is 6.75. The number of hydrogen-bond acceptors (Lipinski definition) is 4. The third kappa shape index (κ3) is 4.31. The Bertz CT molecular complexity index is 851. The average molecular weight is 391 g/mol. The lowest BCUT2D eigenvalue weighted by atomic mass is 9.94. The monoisotopic (exact) mass is 390 g/mol. The third-order valence-electron chi connectivity index (χ3n) is 4.85. The zero-order valence-electron chi connectivity index (χ0n) is 15.6. The van der Waals surface area contributed by atoms with E-state index in [0.717, 1.165) is 11.3 Å². The first-order valence-corrected chi connectivity index (χ1v) is 9.15. The van der Waals surface area contributed by atoms with Gasteiger partial charge in [0.05, 0.1) is 24.8 Å². The van der Waals surface area contributed by atoms with Gasteiger partial charge in [0.15, 0.2) is 0 Å². The van der Waals surface area contributed by atoms with E-state index in [0.29, 0.717) is 23.7 Å². The number of carbonyl (C=O) groups excluding carboxylic acids is 2. The van der Waals surface area contributed by atoms with Gasteiger partial charge in [-0.3, -0.25) is 14.3 Å². The number of benzene rings is 1. The van der Waals surface area contributed by atoms with Crippen LogP contribution in [0.15, 0.2) is 30.5 Å². The summed E-state index contributed by atoms with van der Waals surface area (Å²) in [6, 6.07) is 6.89. The predicted molar refractivity (Wildman–Crippen MR) is 102 cm³/mol. The fraction of sp³-hybridized carbons (Fsp3) is 0.421. The van der Waals surface area contributed by atoms with Crippen molar-refractivity contribution in [2.24, 2.45) is 13.0 Å². The van der Waals surface area contributed by atoms with Crippen LogP contribution in [-0.2, 0) is 21.4 Å². The van der Waals surface area contributed by atoms with Crippen LogP contribution < -0.4 is 5.32 Å². The number of aryl methyl sites for hydroxylation is 1. The smallest absolute Gasteiger partial charge is 0.243 e. The lowest BCUT2D eigenvalue weighted by molar-refractivity contribution is -0.138. The van der Waals surface area contributed by atoms with Crippen molar-refractivity contribution in [1.29, 1.82) is 0 Å². The van der Waals surface area contributed by atoms with Crippen LogP contribution in [0, 0.1) is 12.8 Å². The summed E-state index contributed by atoms with van der Waals surface area (Å²) in [6.45, 7) is 2.42. The van der Waals surface area contributed by atoms with E-state index in [-0.39, 0.29) is 30.4 Å². The van der Waals surface area contributed by atoms with E-state index in [1.54, 1.807) is 42.2 Å². The summed E-state index contributed by atoms with van der Waals surface area (Å²) in [7, 11) is 3.49. The number of amides is 2. The molecule has 1 saturated heterocycles. The fourth-order valence-corrected chi connectivity index (χ4v) is 3.48. The first kappa shape index (κ1) is 19.4. The summed E-state index contributed by atoms with van der Waals surface area (Å²) in [5, 5.41) is 7.53. The first-order chi connectivity index (χ1) is 12.9. The minimum absolute atomic E-state index is 0.0411. The number of halogens is 1. The Hall–Kier alpha value is -2.38. The number of nitrogens with zero attached hydrogens (tertiary/aromatic N) is 3. The Balaban J connectivity index is 1.64. The molecule has 8 heteroatoms. The van der Waals surface area contributed by atoms with E-state index >= 15 is 0 Å². The van der Waals surface area contributed by atoms with Gasteiger partial charge in [0.2, 0.25) is 11.8 Å². The Morgan fingerprint density at radius 1 is 1.44 bits per heavy atom. The van der Waals surface area contributed by atoms with E-state index < -0.39 is 0 Å². The highest BCUT2D eigenvalue weighted by Crippen LogP contribution is 2.36. The maximum atomic E-state index is 12.9. The molecule has 2 heterocycles. The van der Waals surface area contributed by atoms with Gasteiger partial charge >= 0.3 is 0 Å². The molecule has 7 nitrogen and oxygen atoms in total. The second-order valence-corrected chi connectivity index (χ2v) is 7.18. The van der Waals surface area contributed by atoms with Crippen molar-refractivity contribution in [2.45, 2.75) is 19.4 Å². The molecule has 0 unspecified atom stereocenters. The molecule has 0 aliphatic carbocycles. The highest BCUT2D eigenvalue weighted by molar-refractivity contribution is 6.30. The van der Waals surface area contributed by atoms with Crippen molar-refractivity contribution in [3.63, 3.8) is 0 Å².